The van der Waals surface area contributed by atoms with Gasteiger partial charge in [-0.05, 0) is 61.4 Å². The van der Waals surface area contributed by atoms with Crippen LogP contribution in [0.15, 0.2) is 18.2 Å². The molecular weight excluding hydrogens is 289 g/mol. The fourth-order valence-corrected chi connectivity index (χ4v) is 2.64. The summed E-state index contributed by atoms with van der Waals surface area (Å²) in [6.07, 6.45) is 3.33. The van der Waals surface area contributed by atoms with Crippen molar-refractivity contribution in [3.63, 3.8) is 0 Å². The van der Waals surface area contributed by atoms with Gasteiger partial charge >= 0.3 is 0 Å². The summed E-state index contributed by atoms with van der Waals surface area (Å²) in [5.41, 5.74) is 1.52. The zero-order chi connectivity index (χ0) is 15.2. The smallest absolute Gasteiger partial charge is 0.0452 e. The van der Waals surface area contributed by atoms with Crippen molar-refractivity contribution in [3.05, 3.63) is 33.8 Å². The van der Waals surface area contributed by atoms with Crippen molar-refractivity contribution in [1.29, 1.82) is 0 Å². The fraction of sp³-hybridized carbons (Fsp3) is 0.647. The average molecular weight is 316 g/mol. The molecule has 0 bridgehead atoms. The van der Waals surface area contributed by atoms with Crippen molar-refractivity contribution in [1.82, 2.24) is 5.32 Å². The molecule has 0 amide bonds. The first-order valence-electron chi connectivity index (χ1n) is 7.45. The van der Waals surface area contributed by atoms with Crippen LogP contribution in [-0.2, 0) is 6.42 Å². The van der Waals surface area contributed by atoms with Gasteiger partial charge < -0.3 is 5.32 Å². The van der Waals surface area contributed by atoms with Crippen molar-refractivity contribution >= 4 is 23.2 Å². The maximum absolute atomic E-state index is 6.22. The van der Waals surface area contributed by atoms with Crippen LogP contribution in [0.2, 0.25) is 10.0 Å². The molecule has 0 aliphatic rings. The first-order chi connectivity index (χ1) is 9.30. The lowest BCUT2D eigenvalue weighted by Crippen LogP contribution is -2.25. The first kappa shape index (κ1) is 17.8. The Kier molecular flexibility index (Phi) is 7.36. The second-order valence-electron chi connectivity index (χ2n) is 6.75. The van der Waals surface area contributed by atoms with Crippen LogP contribution in [0.3, 0.4) is 0 Å². The summed E-state index contributed by atoms with van der Waals surface area (Å²) in [5.74, 6) is 0.714. The van der Waals surface area contributed by atoms with Crippen molar-refractivity contribution in [2.45, 2.75) is 47.0 Å². The van der Waals surface area contributed by atoms with E-state index in [1.165, 1.54) is 12.0 Å². The summed E-state index contributed by atoms with van der Waals surface area (Å²) in [5, 5.41) is 5.00. The van der Waals surface area contributed by atoms with Gasteiger partial charge in [0.1, 0.15) is 0 Å². The Hall–Kier alpha value is -0.240. The largest absolute Gasteiger partial charge is 0.316 e. The Morgan fingerprint density at radius 2 is 1.85 bits per heavy atom. The minimum atomic E-state index is 0.326. The minimum Gasteiger partial charge on any atom is -0.316 e. The van der Waals surface area contributed by atoms with Gasteiger partial charge in [0, 0.05) is 10.0 Å². The standard InChI is InChI=1S/C17H27Cl2N/c1-13(2)12-20-10-9-17(3,4)8-7-14-5-6-15(18)11-16(14)19/h5-6,11,13,20H,7-10,12H2,1-4H3. The van der Waals surface area contributed by atoms with Crippen LogP contribution in [0.1, 0.15) is 46.1 Å². The van der Waals surface area contributed by atoms with Gasteiger partial charge in [-0.2, -0.15) is 0 Å². The summed E-state index contributed by atoms with van der Waals surface area (Å²) in [7, 11) is 0. The normalized spacial score (nSPS) is 12.2. The minimum absolute atomic E-state index is 0.326. The zero-order valence-electron chi connectivity index (χ0n) is 13.1. The molecule has 0 heterocycles. The van der Waals surface area contributed by atoms with Crippen LogP contribution >= 0.6 is 23.2 Å². The predicted molar refractivity (Wildman–Crippen MR) is 90.9 cm³/mol. The molecule has 0 spiro atoms. The summed E-state index contributed by atoms with van der Waals surface area (Å²) in [4.78, 5) is 0. The topological polar surface area (TPSA) is 12.0 Å². The third-order valence-corrected chi connectivity index (χ3v) is 4.20. The van der Waals surface area contributed by atoms with Gasteiger partial charge in [0.25, 0.3) is 0 Å². The summed E-state index contributed by atoms with van der Waals surface area (Å²) < 4.78 is 0. The van der Waals surface area contributed by atoms with Crippen LogP contribution in [0, 0.1) is 11.3 Å². The van der Waals surface area contributed by atoms with Gasteiger partial charge in [-0.15, -0.1) is 0 Å². The van der Waals surface area contributed by atoms with Gasteiger partial charge in [-0.25, -0.2) is 0 Å². The lowest BCUT2D eigenvalue weighted by Gasteiger charge is -2.25. The molecule has 1 aromatic carbocycles. The molecule has 1 N–H and O–H groups in total. The quantitative estimate of drug-likeness (QED) is 0.617. The van der Waals surface area contributed by atoms with E-state index in [0.717, 1.165) is 31.0 Å². The number of rotatable bonds is 8. The molecule has 0 atom stereocenters. The van der Waals surface area contributed by atoms with Gasteiger partial charge in [0.15, 0.2) is 0 Å². The van der Waals surface area contributed by atoms with Gasteiger partial charge in [-0.1, -0.05) is 57.0 Å². The molecule has 0 fully saturated rings. The number of benzene rings is 1. The van der Waals surface area contributed by atoms with Gasteiger partial charge in [0.05, 0.1) is 0 Å². The van der Waals surface area contributed by atoms with Crippen LogP contribution in [0.25, 0.3) is 0 Å². The lowest BCUT2D eigenvalue weighted by atomic mass is 9.83. The number of hydrogen-bond donors (Lipinski definition) is 1. The van der Waals surface area contributed by atoms with Crippen molar-refractivity contribution in [3.8, 4) is 0 Å². The fourth-order valence-electron chi connectivity index (χ4n) is 2.14. The highest BCUT2D eigenvalue weighted by Crippen LogP contribution is 2.29. The Morgan fingerprint density at radius 1 is 1.15 bits per heavy atom. The summed E-state index contributed by atoms with van der Waals surface area (Å²) >= 11 is 12.1. The number of aryl methyl sites for hydroxylation is 1. The third kappa shape index (κ3) is 6.97. The van der Waals surface area contributed by atoms with Crippen LogP contribution in [-0.4, -0.2) is 13.1 Å². The molecule has 0 radical (unpaired) electrons. The Morgan fingerprint density at radius 3 is 2.45 bits per heavy atom. The van der Waals surface area contributed by atoms with Crippen molar-refractivity contribution in [2.75, 3.05) is 13.1 Å². The Bertz CT molecular complexity index is 413. The molecule has 0 aromatic heterocycles. The van der Waals surface area contributed by atoms with Crippen LogP contribution in [0.5, 0.6) is 0 Å². The molecule has 0 unspecified atom stereocenters. The van der Waals surface area contributed by atoms with E-state index in [2.05, 4.69) is 33.0 Å². The highest BCUT2D eigenvalue weighted by atomic mass is 35.5. The zero-order valence-corrected chi connectivity index (χ0v) is 14.6. The van der Waals surface area contributed by atoms with Crippen LogP contribution < -0.4 is 5.32 Å². The predicted octanol–water partition coefficient (Wildman–Crippen LogP) is 5.59. The van der Waals surface area contributed by atoms with E-state index in [1.54, 1.807) is 0 Å². The van der Waals surface area contributed by atoms with Crippen LogP contribution in [0.4, 0.5) is 0 Å². The highest BCUT2D eigenvalue weighted by Gasteiger charge is 2.18. The Labute approximate surface area is 134 Å². The molecular formula is C17H27Cl2N. The molecule has 1 nitrogen and oxygen atoms in total. The molecule has 0 saturated heterocycles. The molecule has 1 aromatic rings. The van der Waals surface area contributed by atoms with E-state index in [-0.39, 0.29) is 0 Å². The molecule has 114 valence electrons. The van der Waals surface area contributed by atoms with E-state index in [4.69, 9.17) is 23.2 Å². The lowest BCUT2D eigenvalue weighted by molar-refractivity contribution is 0.300. The number of nitrogens with one attached hydrogen (secondary N) is 1. The second kappa shape index (κ2) is 8.26. The van der Waals surface area contributed by atoms with E-state index < -0.39 is 0 Å². The number of halogens is 2. The molecule has 20 heavy (non-hydrogen) atoms. The molecule has 0 saturated carbocycles. The van der Waals surface area contributed by atoms with E-state index in [9.17, 15) is 0 Å². The summed E-state index contributed by atoms with van der Waals surface area (Å²) in [6, 6.07) is 5.79. The Balaban J connectivity index is 2.38. The monoisotopic (exact) mass is 315 g/mol. The summed E-state index contributed by atoms with van der Waals surface area (Å²) in [6.45, 7) is 11.3. The van der Waals surface area contributed by atoms with Gasteiger partial charge in [-0.3, -0.25) is 0 Å². The maximum atomic E-state index is 6.22. The average Bonchev–Trinajstić information content (AvgIpc) is 2.33. The van der Waals surface area contributed by atoms with Gasteiger partial charge in [0.2, 0.25) is 0 Å². The second-order valence-corrected chi connectivity index (χ2v) is 7.59. The molecule has 3 heteroatoms. The molecule has 0 aliphatic carbocycles. The number of hydrogen-bond acceptors (Lipinski definition) is 1. The first-order valence-corrected chi connectivity index (χ1v) is 8.20. The maximum Gasteiger partial charge on any atom is 0.0452 e. The van der Waals surface area contributed by atoms with Crippen molar-refractivity contribution < 1.29 is 0 Å². The van der Waals surface area contributed by atoms with E-state index in [0.29, 0.717) is 16.4 Å². The highest BCUT2D eigenvalue weighted by molar-refractivity contribution is 6.35. The van der Waals surface area contributed by atoms with E-state index >= 15 is 0 Å². The third-order valence-electron chi connectivity index (χ3n) is 3.62. The SMILES string of the molecule is CC(C)CNCCC(C)(C)CCc1ccc(Cl)cc1Cl. The molecule has 0 aliphatic heterocycles. The molecule has 1 rings (SSSR count). The van der Waals surface area contributed by atoms with E-state index in [1.807, 2.05) is 18.2 Å². The van der Waals surface area contributed by atoms with Crippen molar-refractivity contribution in [2.24, 2.45) is 11.3 Å².